The summed E-state index contributed by atoms with van der Waals surface area (Å²) in [6.07, 6.45) is 1.47. The normalized spacial score (nSPS) is 17.9. The van der Waals surface area contributed by atoms with Crippen molar-refractivity contribution < 1.29 is 9.59 Å². The van der Waals surface area contributed by atoms with E-state index in [1.165, 1.54) is 5.56 Å². The van der Waals surface area contributed by atoms with Gasteiger partial charge in [0.05, 0.1) is 0 Å². The van der Waals surface area contributed by atoms with Gasteiger partial charge in [0.25, 0.3) is 5.91 Å². The third kappa shape index (κ3) is 5.52. The average Bonchev–Trinajstić information content (AvgIpc) is 2.83. The van der Waals surface area contributed by atoms with Crippen LogP contribution in [0, 0.1) is 5.92 Å². The van der Waals surface area contributed by atoms with Crippen LogP contribution in [-0.4, -0.2) is 60.9 Å². The molecule has 5 nitrogen and oxygen atoms in total. The number of rotatable bonds is 3. The number of carbonyl (C=O) groups excluding carboxylic acids is 2. The Labute approximate surface area is 202 Å². The second-order valence-electron chi connectivity index (χ2n) is 10.2. The fourth-order valence-corrected chi connectivity index (χ4v) is 4.93. The summed E-state index contributed by atoms with van der Waals surface area (Å²) >= 11 is 6.12. The van der Waals surface area contributed by atoms with Gasteiger partial charge in [0, 0.05) is 61.5 Å². The van der Waals surface area contributed by atoms with Crippen molar-refractivity contribution in [1.82, 2.24) is 9.80 Å². The quantitative estimate of drug-likeness (QED) is 0.648. The van der Waals surface area contributed by atoms with Gasteiger partial charge in [-0.25, -0.2) is 0 Å². The highest BCUT2D eigenvalue weighted by Gasteiger charge is 2.32. The summed E-state index contributed by atoms with van der Waals surface area (Å²) in [5, 5.41) is 0.734. The summed E-state index contributed by atoms with van der Waals surface area (Å²) < 4.78 is 0. The maximum absolute atomic E-state index is 13.1. The topological polar surface area (TPSA) is 43.9 Å². The second kappa shape index (κ2) is 9.76. The molecule has 2 heterocycles. The second-order valence-corrected chi connectivity index (χ2v) is 10.6. The molecule has 0 saturated carbocycles. The number of hydrogen-bond donors (Lipinski definition) is 0. The van der Waals surface area contributed by atoms with Crippen LogP contribution in [0.4, 0.5) is 5.69 Å². The molecule has 0 atom stereocenters. The van der Waals surface area contributed by atoms with Gasteiger partial charge in [-0.15, -0.1) is 0 Å². The van der Waals surface area contributed by atoms with Crippen molar-refractivity contribution in [2.24, 2.45) is 5.92 Å². The monoisotopic (exact) mass is 467 g/mol. The van der Waals surface area contributed by atoms with Crippen molar-refractivity contribution in [2.45, 2.75) is 39.0 Å². The van der Waals surface area contributed by atoms with Crippen LogP contribution in [0.5, 0.6) is 0 Å². The van der Waals surface area contributed by atoms with E-state index < -0.39 is 0 Å². The number of hydrogen-bond acceptors (Lipinski definition) is 3. The molecule has 0 unspecified atom stereocenters. The summed E-state index contributed by atoms with van der Waals surface area (Å²) in [4.78, 5) is 32.2. The lowest BCUT2D eigenvalue weighted by Crippen LogP contribution is -2.52. The number of benzene rings is 2. The van der Waals surface area contributed by atoms with Gasteiger partial charge < -0.3 is 14.7 Å². The molecule has 2 aliphatic rings. The van der Waals surface area contributed by atoms with Gasteiger partial charge in [-0.2, -0.15) is 0 Å². The number of anilines is 1. The number of carbonyl (C=O) groups is 2. The number of piperazine rings is 1. The lowest BCUT2D eigenvalue weighted by atomic mass is 9.86. The fraction of sp³-hybridized carbons (Fsp3) is 0.481. The molecular weight excluding hydrogens is 434 g/mol. The molecule has 4 rings (SSSR count). The first-order chi connectivity index (χ1) is 15.7. The molecular formula is C27H34ClN3O2. The lowest BCUT2D eigenvalue weighted by Gasteiger charge is -2.39. The van der Waals surface area contributed by atoms with E-state index in [0.717, 1.165) is 55.3 Å². The minimum atomic E-state index is 0.00929. The van der Waals surface area contributed by atoms with E-state index in [9.17, 15) is 9.59 Å². The van der Waals surface area contributed by atoms with E-state index in [1.807, 2.05) is 52.3 Å². The first-order valence-electron chi connectivity index (χ1n) is 11.9. The van der Waals surface area contributed by atoms with Crippen molar-refractivity contribution in [1.29, 1.82) is 0 Å². The molecule has 33 heavy (non-hydrogen) atoms. The lowest BCUT2D eigenvalue weighted by molar-refractivity contribution is -0.137. The van der Waals surface area contributed by atoms with Crippen molar-refractivity contribution in [3.8, 4) is 0 Å². The zero-order valence-electron chi connectivity index (χ0n) is 19.9. The standard InChI is InChI=1S/C27H34ClN3O2/c1-27(2,3)22-9-7-20(8-10-22)25(32)30-13-11-21(12-14-30)26(33)31-17-15-29(16-18-31)24-6-4-5-23(28)19-24/h4-10,19,21H,11-18H2,1-3H3. The zero-order valence-corrected chi connectivity index (χ0v) is 20.6. The predicted octanol–water partition coefficient (Wildman–Crippen LogP) is 4.84. The smallest absolute Gasteiger partial charge is 0.253 e. The third-order valence-electron chi connectivity index (χ3n) is 6.89. The van der Waals surface area contributed by atoms with E-state index in [0.29, 0.717) is 13.1 Å². The Hall–Kier alpha value is -2.53. The van der Waals surface area contributed by atoms with Crippen LogP contribution in [0.25, 0.3) is 0 Å². The zero-order chi connectivity index (χ0) is 23.6. The van der Waals surface area contributed by atoms with Gasteiger partial charge in [-0.3, -0.25) is 9.59 Å². The van der Waals surface area contributed by atoms with E-state index >= 15 is 0 Å². The molecule has 0 aromatic heterocycles. The molecule has 2 fully saturated rings. The van der Waals surface area contributed by atoms with Gasteiger partial charge in [0.2, 0.25) is 5.91 Å². The SMILES string of the molecule is CC(C)(C)c1ccc(C(=O)N2CCC(C(=O)N3CCN(c4cccc(Cl)c4)CC3)CC2)cc1. The number of nitrogens with zero attached hydrogens (tertiary/aromatic N) is 3. The van der Waals surface area contributed by atoms with E-state index in [1.54, 1.807) is 0 Å². The predicted molar refractivity (Wildman–Crippen MR) is 134 cm³/mol. The van der Waals surface area contributed by atoms with Crippen molar-refractivity contribution >= 4 is 29.1 Å². The molecule has 0 N–H and O–H groups in total. The van der Waals surface area contributed by atoms with Crippen LogP contribution in [0.1, 0.15) is 49.5 Å². The molecule has 0 bridgehead atoms. The van der Waals surface area contributed by atoms with E-state index in [2.05, 4.69) is 31.7 Å². The maximum atomic E-state index is 13.1. The highest BCUT2D eigenvalue weighted by atomic mass is 35.5. The molecule has 2 saturated heterocycles. The Morgan fingerprint density at radius 1 is 0.848 bits per heavy atom. The van der Waals surface area contributed by atoms with Gasteiger partial charge >= 0.3 is 0 Å². The van der Waals surface area contributed by atoms with Gasteiger partial charge in [-0.05, 0) is 54.2 Å². The number of amides is 2. The summed E-state index contributed by atoms with van der Waals surface area (Å²) in [6.45, 7) is 10.9. The summed E-state index contributed by atoms with van der Waals surface area (Å²) in [7, 11) is 0. The van der Waals surface area contributed by atoms with Crippen LogP contribution >= 0.6 is 11.6 Å². The summed E-state index contributed by atoms with van der Waals surface area (Å²) in [6, 6.07) is 15.8. The van der Waals surface area contributed by atoms with Gasteiger partial charge in [0.1, 0.15) is 0 Å². The average molecular weight is 468 g/mol. The van der Waals surface area contributed by atoms with E-state index in [-0.39, 0.29) is 23.1 Å². The first kappa shape index (κ1) is 23.6. The number of likely N-dealkylation sites (tertiary alicyclic amines) is 1. The molecule has 2 aromatic rings. The molecule has 0 radical (unpaired) electrons. The van der Waals surface area contributed by atoms with Gasteiger partial charge in [-0.1, -0.05) is 50.6 Å². The van der Waals surface area contributed by atoms with Crippen LogP contribution in [-0.2, 0) is 10.2 Å². The number of piperidine rings is 1. The molecule has 0 aliphatic carbocycles. The Morgan fingerprint density at radius 2 is 1.48 bits per heavy atom. The van der Waals surface area contributed by atoms with Crippen molar-refractivity contribution in [2.75, 3.05) is 44.2 Å². The highest BCUT2D eigenvalue weighted by Crippen LogP contribution is 2.26. The molecule has 176 valence electrons. The molecule has 0 spiro atoms. The third-order valence-corrected chi connectivity index (χ3v) is 7.13. The molecule has 2 aliphatic heterocycles. The van der Waals surface area contributed by atoms with Crippen molar-refractivity contribution in [3.05, 3.63) is 64.7 Å². The van der Waals surface area contributed by atoms with Crippen LogP contribution in [0.2, 0.25) is 5.02 Å². The molecule has 2 aromatic carbocycles. The van der Waals surface area contributed by atoms with Crippen molar-refractivity contribution in [3.63, 3.8) is 0 Å². The molecule has 6 heteroatoms. The Bertz CT molecular complexity index is 983. The number of halogens is 1. The minimum absolute atomic E-state index is 0.00929. The van der Waals surface area contributed by atoms with Crippen LogP contribution < -0.4 is 4.90 Å². The Kier molecular flexibility index (Phi) is 6.99. The fourth-order valence-electron chi connectivity index (χ4n) is 4.74. The highest BCUT2D eigenvalue weighted by molar-refractivity contribution is 6.30. The van der Waals surface area contributed by atoms with Crippen LogP contribution in [0.15, 0.2) is 48.5 Å². The molecule has 2 amide bonds. The van der Waals surface area contributed by atoms with Gasteiger partial charge in [0.15, 0.2) is 0 Å². The van der Waals surface area contributed by atoms with E-state index in [4.69, 9.17) is 11.6 Å². The largest absolute Gasteiger partial charge is 0.368 e. The maximum Gasteiger partial charge on any atom is 0.253 e. The minimum Gasteiger partial charge on any atom is -0.368 e. The van der Waals surface area contributed by atoms with Crippen LogP contribution in [0.3, 0.4) is 0 Å². The Balaban J connectivity index is 1.27. The first-order valence-corrected chi connectivity index (χ1v) is 12.3. The Morgan fingerprint density at radius 3 is 2.06 bits per heavy atom. The summed E-state index contributed by atoms with van der Waals surface area (Å²) in [5.74, 6) is 0.314. The summed E-state index contributed by atoms with van der Waals surface area (Å²) in [5.41, 5.74) is 3.13.